The number of nitriles is 2. The predicted octanol–water partition coefficient (Wildman–Crippen LogP) is 12.3. The highest BCUT2D eigenvalue weighted by Gasteiger charge is 2.31. The van der Waals surface area contributed by atoms with Gasteiger partial charge in [-0.05, 0) is 136 Å². The van der Waals surface area contributed by atoms with Crippen LogP contribution in [0.5, 0.6) is 0 Å². The molecule has 0 atom stereocenters. The van der Waals surface area contributed by atoms with Gasteiger partial charge in [0.1, 0.15) is 79.5 Å². The Bertz CT molecular complexity index is 4430. The van der Waals surface area contributed by atoms with Gasteiger partial charge in [-0.3, -0.25) is 22.8 Å². The Kier molecular flexibility index (Phi) is 22.0. The number of benzene rings is 2. The Morgan fingerprint density at radius 1 is 0.598 bits per heavy atom. The van der Waals surface area contributed by atoms with Crippen LogP contribution in [0.2, 0.25) is 0 Å². The summed E-state index contributed by atoms with van der Waals surface area (Å²) in [5, 5.41) is 33.4. The standard InChI is InChI=1S/C35H35FN8O2S.C31H28FN7O2S.C4H9NO.CH3F/c1-3-28-33(41(2)35-40-32(29(20-37)47-35)23-4-8-27(36)9-5-23)44-22-26(7-11-31(44)39-28)25-6-10-30(38-21-25)42-14-12-24(13-15-42)34(45)43-16-18-46-19-17-43;1-3-24-29(37(2)31-36-28(25(16-33)42-31)19-4-8-23(32)9-5-19)39-18-22(7-11-27(39)35-24)21-6-10-26(34-17-21)38-14-12-20(13-15-38)30(40)41;1-3-6-4-2-5-1;1-2/h4-11,21-22,24H,3,12-19H2,1-2H3;4-11,17-18,20H,3,12-15H2,1-2H3,(H,40,41);5H,1-4H2;1H3/i;;;1D. The number of nitrogens with zero attached hydrogens (tertiary/aromatic N) is 15. The van der Waals surface area contributed by atoms with Gasteiger partial charge in [0.15, 0.2) is 10.3 Å². The number of aromatic nitrogens is 8. The number of thiazole rings is 2. The molecule has 0 radical (unpaired) electrons. The number of morpholine rings is 2. The fourth-order valence-electron chi connectivity index (χ4n) is 12.3. The number of carbonyl (C=O) groups excluding carboxylic acids is 1. The third-order valence-corrected chi connectivity index (χ3v) is 19.6. The molecular weight excluding hydrogens is 1280 g/mol. The molecule has 97 heavy (non-hydrogen) atoms. The molecule has 0 unspecified atom stereocenters. The number of ether oxygens (including phenoxy) is 2. The van der Waals surface area contributed by atoms with Crippen LogP contribution in [0.3, 0.4) is 0 Å². The Labute approximate surface area is 570 Å². The molecule has 21 nitrogen and oxygen atoms in total. The SMILES string of the molecule is C1COCCN1.CCc1nc2ccc(-c3ccc(N4CCC(C(=O)N5CCOCC5)CC4)nc3)cn2c1N(C)c1nc(-c2ccc(F)cc2)c(C#N)s1.CCc1nc2ccc(-c3ccc(N4CCC(C(=O)O)CC4)nc3)cn2c1N(C)c1nc(-c2ccc(F)cc2)c(C#N)s1.[2H]CF. The Hall–Kier alpha value is -9.83. The van der Waals surface area contributed by atoms with Crippen LogP contribution in [0, 0.1) is 46.1 Å². The highest BCUT2D eigenvalue weighted by atomic mass is 32.1. The molecule has 4 aliphatic rings. The molecule has 4 saturated heterocycles. The number of amides is 1. The Balaban J connectivity index is 0.000000177. The van der Waals surface area contributed by atoms with E-state index < -0.39 is 13.1 Å². The zero-order valence-electron chi connectivity index (χ0n) is 55.4. The lowest BCUT2D eigenvalue weighted by Crippen LogP contribution is -2.46. The Morgan fingerprint density at radius 2 is 1.00 bits per heavy atom. The molecule has 10 aromatic rings. The zero-order valence-corrected chi connectivity index (χ0v) is 56.0. The fraction of sp³-hybridized carbons (Fsp3) is 0.352. The number of piperidine rings is 2. The van der Waals surface area contributed by atoms with Crippen LogP contribution < -0.4 is 24.9 Å². The summed E-state index contributed by atoms with van der Waals surface area (Å²) in [6.07, 6.45) is 12.1. The van der Waals surface area contributed by atoms with Crippen LogP contribution >= 0.6 is 22.7 Å². The second kappa shape index (κ2) is 31.8. The predicted molar refractivity (Wildman–Crippen MR) is 372 cm³/mol. The van der Waals surface area contributed by atoms with Crippen LogP contribution in [0.1, 0.15) is 62.0 Å². The normalized spacial score (nSPS) is 15.2. The maximum absolute atomic E-state index is 13.6. The molecule has 12 heterocycles. The molecule has 2 N–H and O–H groups in total. The number of pyridine rings is 4. The number of carboxylic acids is 1. The second-order valence-corrected chi connectivity index (χ2v) is 25.4. The number of imidazole rings is 2. The van der Waals surface area contributed by atoms with Crippen molar-refractivity contribution in [2.45, 2.75) is 52.4 Å². The first kappa shape index (κ1) is 67.2. The van der Waals surface area contributed by atoms with Crippen molar-refractivity contribution in [2.75, 3.05) is 120 Å². The summed E-state index contributed by atoms with van der Waals surface area (Å²) >= 11 is 2.58. The van der Waals surface area contributed by atoms with Crippen molar-refractivity contribution < 1.29 is 38.7 Å². The minimum absolute atomic E-state index is 0.0660. The van der Waals surface area contributed by atoms with Gasteiger partial charge in [-0.25, -0.2) is 38.7 Å². The molecule has 8 aromatic heterocycles. The highest BCUT2D eigenvalue weighted by molar-refractivity contribution is 7.17. The van der Waals surface area contributed by atoms with Crippen molar-refractivity contribution in [1.82, 2.24) is 48.9 Å². The maximum atomic E-state index is 13.6. The van der Waals surface area contributed by atoms with Crippen molar-refractivity contribution >= 4 is 79.4 Å². The number of nitrogens with one attached hydrogen (secondary N) is 1. The van der Waals surface area contributed by atoms with Crippen molar-refractivity contribution in [2.24, 2.45) is 11.8 Å². The quantitative estimate of drug-likeness (QED) is 0.103. The fourth-order valence-corrected chi connectivity index (χ4v) is 14.0. The lowest BCUT2D eigenvalue weighted by atomic mass is 9.95. The first-order valence-corrected chi connectivity index (χ1v) is 33.8. The lowest BCUT2D eigenvalue weighted by Gasteiger charge is -2.36. The summed E-state index contributed by atoms with van der Waals surface area (Å²) in [6.45, 7) is 13.5. The molecule has 0 aliphatic carbocycles. The van der Waals surface area contributed by atoms with Gasteiger partial charge in [-0.15, -0.1) is 0 Å². The number of anilines is 6. The summed E-state index contributed by atoms with van der Waals surface area (Å²) in [5.41, 5.74) is 9.71. The van der Waals surface area contributed by atoms with Gasteiger partial charge >= 0.3 is 5.97 Å². The largest absolute Gasteiger partial charge is 0.481 e. The smallest absolute Gasteiger partial charge is 0.306 e. The summed E-state index contributed by atoms with van der Waals surface area (Å²) in [7, 11) is 2.84. The number of carbonyl (C=O) groups is 2. The second-order valence-electron chi connectivity index (χ2n) is 23.4. The molecule has 26 heteroatoms. The molecule has 14 rings (SSSR count). The van der Waals surface area contributed by atoms with E-state index in [9.17, 15) is 38.4 Å². The molecule has 0 bridgehead atoms. The number of aliphatic carboxylic acids is 1. The average Bonchev–Trinajstić information content (AvgIpc) is 1.62. The van der Waals surface area contributed by atoms with Crippen molar-refractivity contribution in [3.05, 3.63) is 155 Å². The minimum atomic E-state index is -1.00. The zero-order chi connectivity index (χ0) is 68.8. The summed E-state index contributed by atoms with van der Waals surface area (Å²) in [4.78, 5) is 64.3. The van der Waals surface area contributed by atoms with Gasteiger partial charge < -0.3 is 44.4 Å². The molecule has 1 amide bonds. The van der Waals surface area contributed by atoms with E-state index in [0.717, 1.165) is 120 Å². The van der Waals surface area contributed by atoms with Crippen LogP contribution in [0.25, 0.3) is 56.1 Å². The van der Waals surface area contributed by atoms with E-state index in [-0.39, 0.29) is 29.4 Å². The number of fused-ring (bicyclic) bond motifs is 2. The monoisotopic (exact) mass is 1350 g/mol. The maximum Gasteiger partial charge on any atom is 0.306 e. The molecule has 2 aromatic carbocycles. The topological polar surface area (TPSA) is 235 Å². The number of carboxylic acid groups (broad SMARTS) is 1. The number of halogens is 3. The summed E-state index contributed by atoms with van der Waals surface area (Å²) in [5.74, 6) is 2.11. The third kappa shape index (κ3) is 15.5. The van der Waals surface area contributed by atoms with Crippen molar-refractivity contribution in [3.8, 4) is 56.9 Å². The van der Waals surface area contributed by atoms with Crippen LogP contribution in [-0.4, -0.2) is 161 Å². The number of rotatable bonds is 14. The van der Waals surface area contributed by atoms with Crippen LogP contribution in [-0.2, 0) is 31.9 Å². The lowest BCUT2D eigenvalue weighted by molar-refractivity contribution is -0.142. The summed E-state index contributed by atoms with van der Waals surface area (Å²) < 4.78 is 57.1. The molecule has 0 spiro atoms. The number of alkyl halides is 1. The summed E-state index contributed by atoms with van der Waals surface area (Å²) in [6, 6.07) is 32.7. The molecule has 0 saturated carbocycles. The highest BCUT2D eigenvalue weighted by Crippen LogP contribution is 2.40. The average molecular weight is 1350 g/mol. The Morgan fingerprint density at radius 3 is 1.36 bits per heavy atom. The number of hydrogen-bond acceptors (Lipinski definition) is 19. The van der Waals surface area contributed by atoms with E-state index in [1.165, 1.54) is 46.9 Å². The van der Waals surface area contributed by atoms with Gasteiger partial charge in [0, 0.05) is 131 Å². The van der Waals surface area contributed by atoms with Gasteiger partial charge in [0.05, 0.1) is 52.3 Å². The van der Waals surface area contributed by atoms with Crippen LogP contribution in [0.4, 0.5) is 46.7 Å². The van der Waals surface area contributed by atoms with Gasteiger partial charge in [0.2, 0.25) is 5.91 Å². The van der Waals surface area contributed by atoms with Gasteiger partial charge in [-0.2, -0.15) is 10.5 Å². The van der Waals surface area contributed by atoms with Crippen LogP contribution in [0.15, 0.2) is 122 Å². The number of aryl methyl sites for hydroxylation is 2. The van der Waals surface area contributed by atoms with Gasteiger partial charge in [0.25, 0.3) is 0 Å². The van der Waals surface area contributed by atoms with Gasteiger partial charge in [-0.1, -0.05) is 36.5 Å². The minimum Gasteiger partial charge on any atom is -0.481 e. The molecule has 4 aliphatic heterocycles. The van der Waals surface area contributed by atoms with E-state index in [2.05, 4.69) is 69.9 Å². The third-order valence-electron chi connectivity index (χ3n) is 17.5. The molecule has 502 valence electrons. The van der Waals surface area contributed by atoms with Crippen molar-refractivity contribution in [3.63, 3.8) is 0 Å². The van der Waals surface area contributed by atoms with E-state index in [0.29, 0.717) is 108 Å². The number of hydrogen-bond donors (Lipinski definition) is 2. The first-order valence-electron chi connectivity index (χ1n) is 32.9. The molecular formula is C71H75F3N16O5S2. The van der Waals surface area contributed by atoms with E-state index >= 15 is 0 Å². The molecule has 4 fully saturated rings. The van der Waals surface area contributed by atoms with E-state index in [1.54, 1.807) is 24.3 Å². The van der Waals surface area contributed by atoms with Crippen molar-refractivity contribution in [1.29, 1.82) is 10.5 Å². The van der Waals surface area contributed by atoms with E-state index in [4.69, 9.17) is 40.7 Å². The van der Waals surface area contributed by atoms with E-state index in [1.807, 2.05) is 82.1 Å². The first-order chi connectivity index (χ1) is 47.7.